The van der Waals surface area contributed by atoms with Crippen LogP contribution in [0.4, 0.5) is 15.8 Å². The SMILES string of the molecule is Cn1cc(NC(=O)[C@@]2(O)CCN(c3ccc(F)cc3)C2=O)cn1. The Kier molecular flexibility index (Phi) is 3.61. The summed E-state index contributed by atoms with van der Waals surface area (Å²) in [6.45, 7) is 0.168. The van der Waals surface area contributed by atoms with E-state index in [0.29, 0.717) is 11.4 Å². The van der Waals surface area contributed by atoms with Crippen LogP contribution in [0.3, 0.4) is 0 Å². The van der Waals surface area contributed by atoms with Gasteiger partial charge in [-0.1, -0.05) is 0 Å². The summed E-state index contributed by atoms with van der Waals surface area (Å²) in [5.74, 6) is -1.96. The lowest BCUT2D eigenvalue weighted by Crippen LogP contribution is -2.49. The molecular weight excluding hydrogens is 303 g/mol. The number of halogens is 1. The van der Waals surface area contributed by atoms with Gasteiger partial charge in [0, 0.05) is 31.9 Å². The number of benzene rings is 1. The van der Waals surface area contributed by atoms with Gasteiger partial charge in [0.1, 0.15) is 5.82 Å². The fourth-order valence-electron chi connectivity index (χ4n) is 2.50. The van der Waals surface area contributed by atoms with Gasteiger partial charge in [0.05, 0.1) is 11.9 Å². The predicted molar refractivity (Wildman–Crippen MR) is 80.2 cm³/mol. The van der Waals surface area contributed by atoms with Gasteiger partial charge in [-0.25, -0.2) is 4.39 Å². The fourth-order valence-corrected chi connectivity index (χ4v) is 2.50. The van der Waals surface area contributed by atoms with Crippen LogP contribution in [0.15, 0.2) is 36.7 Å². The molecule has 0 unspecified atom stereocenters. The second-order valence-corrected chi connectivity index (χ2v) is 5.40. The molecule has 23 heavy (non-hydrogen) atoms. The van der Waals surface area contributed by atoms with Crippen molar-refractivity contribution in [2.24, 2.45) is 7.05 Å². The monoisotopic (exact) mass is 318 g/mol. The first kappa shape index (κ1) is 15.2. The van der Waals surface area contributed by atoms with E-state index in [4.69, 9.17) is 0 Å². The third-order valence-corrected chi connectivity index (χ3v) is 3.77. The van der Waals surface area contributed by atoms with Crippen molar-refractivity contribution in [1.82, 2.24) is 9.78 Å². The number of amides is 2. The quantitative estimate of drug-likeness (QED) is 0.814. The maximum absolute atomic E-state index is 13.0. The summed E-state index contributed by atoms with van der Waals surface area (Å²) in [6.07, 6.45) is 2.92. The zero-order chi connectivity index (χ0) is 16.6. The minimum atomic E-state index is -2.15. The average Bonchev–Trinajstić information content (AvgIpc) is 3.06. The van der Waals surface area contributed by atoms with Gasteiger partial charge in [-0.05, 0) is 24.3 Å². The molecule has 2 N–H and O–H groups in total. The molecule has 1 aromatic carbocycles. The van der Waals surface area contributed by atoms with Crippen LogP contribution in [0.5, 0.6) is 0 Å². The molecule has 1 atom stereocenters. The maximum Gasteiger partial charge on any atom is 0.268 e. The van der Waals surface area contributed by atoms with Gasteiger partial charge < -0.3 is 15.3 Å². The molecule has 120 valence electrons. The Morgan fingerprint density at radius 1 is 1.39 bits per heavy atom. The van der Waals surface area contributed by atoms with Crippen molar-refractivity contribution >= 4 is 23.2 Å². The Balaban J connectivity index is 1.78. The lowest BCUT2D eigenvalue weighted by Gasteiger charge is -2.21. The standard InChI is InChI=1S/C15H15FN4O3/c1-19-9-11(8-17-19)18-13(21)15(23)6-7-20(14(15)22)12-4-2-10(16)3-5-12/h2-5,8-9,23H,6-7H2,1H3,(H,18,21)/t15-/m0/s1. The summed E-state index contributed by atoms with van der Waals surface area (Å²) in [4.78, 5) is 26.0. The number of nitrogens with one attached hydrogen (secondary N) is 1. The van der Waals surface area contributed by atoms with Crippen molar-refractivity contribution < 1.29 is 19.1 Å². The van der Waals surface area contributed by atoms with Gasteiger partial charge in [-0.2, -0.15) is 5.10 Å². The average molecular weight is 318 g/mol. The Morgan fingerprint density at radius 3 is 2.70 bits per heavy atom. The molecule has 2 heterocycles. The second kappa shape index (κ2) is 5.47. The highest BCUT2D eigenvalue weighted by Gasteiger charge is 2.51. The smallest absolute Gasteiger partial charge is 0.268 e. The number of aryl methyl sites for hydroxylation is 1. The van der Waals surface area contributed by atoms with Crippen molar-refractivity contribution in [3.8, 4) is 0 Å². The first-order valence-corrected chi connectivity index (χ1v) is 7.00. The predicted octanol–water partition coefficient (Wildman–Crippen LogP) is 0.666. The molecule has 8 heteroatoms. The van der Waals surface area contributed by atoms with Crippen LogP contribution in [0.1, 0.15) is 6.42 Å². The number of carbonyl (C=O) groups is 2. The van der Waals surface area contributed by atoms with E-state index in [-0.39, 0.29) is 13.0 Å². The lowest BCUT2D eigenvalue weighted by molar-refractivity contribution is -0.145. The van der Waals surface area contributed by atoms with Gasteiger partial charge in [-0.3, -0.25) is 14.3 Å². The van der Waals surface area contributed by atoms with Crippen LogP contribution in [0, 0.1) is 5.82 Å². The summed E-state index contributed by atoms with van der Waals surface area (Å²) in [5.41, 5.74) is -1.33. The molecule has 0 spiro atoms. The van der Waals surface area contributed by atoms with E-state index in [1.807, 2.05) is 0 Å². The van der Waals surface area contributed by atoms with Gasteiger partial charge in [0.25, 0.3) is 11.8 Å². The van der Waals surface area contributed by atoms with Crippen molar-refractivity contribution in [1.29, 1.82) is 0 Å². The Bertz CT molecular complexity index is 758. The molecule has 0 aliphatic carbocycles. The van der Waals surface area contributed by atoms with Gasteiger partial charge in [0.2, 0.25) is 5.60 Å². The summed E-state index contributed by atoms with van der Waals surface area (Å²) in [6, 6.07) is 5.29. The van der Waals surface area contributed by atoms with E-state index in [1.54, 1.807) is 13.2 Å². The summed E-state index contributed by atoms with van der Waals surface area (Å²) in [5, 5.41) is 16.9. The number of hydrogen-bond acceptors (Lipinski definition) is 4. The first-order chi connectivity index (χ1) is 10.9. The normalized spacial score (nSPS) is 20.8. The van der Waals surface area contributed by atoms with Gasteiger partial charge in [0.15, 0.2) is 0 Å². The lowest BCUT2D eigenvalue weighted by atomic mass is 10.0. The minimum absolute atomic E-state index is 0.0463. The van der Waals surface area contributed by atoms with Crippen LogP contribution < -0.4 is 10.2 Å². The largest absolute Gasteiger partial charge is 0.372 e. The molecule has 1 aromatic heterocycles. The highest BCUT2D eigenvalue weighted by molar-refractivity contribution is 6.19. The summed E-state index contributed by atoms with van der Waals surface area (Å²) < 4.78 is 14.5. The van der Waals surface area contributed by atoms with E-state index in [0.717, 1.165) is 0 Å². The number of aromatic nitrogens is 2. The van der Waals surface area contributed by atoms with Crippen molar-refractivity contribution in [3.05, 3.63) is 42.5 Å². The van der Waals surface area contributed by atoms with Gasteiger partial charge in [-0.15, -0.1) is 0 Å². The molecule has 1 saturated heterocycles. The molecule has 1 aliphatic rings. The molecule has 7 nitrogen and oxygen atoms in total. The van der Waals surface area contributed by atoms with Crippen molar-refractivity contribution in [2.45, 2.75) is 12.0 Å². The van der Waals surface area contributed by atoms with E-state index in [1.165, 1.54) is 40.0 Å². The van der Waals surface area contributed by atoms with Gasteiger partial charge >= 0.3 is 0 Å². The Labute approximate surface area is 131 Å². The molecule has 2 aromatic rings. The summed E-state index contributed by atoms with van der Waals surface area (Å²) >= 11 is 0. The highest BCUT2D eigenvalue weighted by atomic mass is 19.1. The first-order valence-electron chi connectivity index (χ1n) is 7.00. The molecule has 1 aliphatic heterocycles. The molecule has 0 saturated carbocycles. The van der Waals surface area contributed by atoms with Crippen LogP contribution in [-0.2, 0) is 16.6 Å². The number of anilines is 2. The highest BCUT2D eigenvalue weighted by Crippen LogP contribution is 2.29. The summed E-state index contributed by atoms with van der Waals surface area (Å²) in [7, 11) is 1.68. The third kappa shape index (κ3) is 2.68. The number of nitrogens with zero attached hydrogens (tertiary/aromatic N) is 3. The van der Waals surface area contributed by atoms with Crippen LogP contribution in [0.25, 0.3) is 0 Å². The molecule has 1 fully saturated rings. The van der Waals surface area contributed by atoms with Crippen molar-refractivity contribution in [3.63, 3.8) is 0 Å². The Morgan fingerprint density at radius 2 is 2.09 bits per heavy atom. The molecule has 2 amide bonds. The van der Waals surface area contributed by atoms with E-state index < -0.39 is 23.2 Å². The fraction of sp³-hybridized carbons (Fsp3) is 0.267. The zero-order valence-electron chi connectivity index (χ0n) is 12.4. The molecule has 3 rings (SSSR count). The minimum Gasteiger partial charge on any atom is -0.372 e. The zero-order valence-corrected chi connectivity index (χ0v) is 12.4. The van der Waals surface area contributed by atoms with E-state index in [9.17, 15) is 19.1 Å². The number of rotatable bonds is 3. The second-order valence-electron chi connectivity index (χ2n) is 5.40. The van der Waals surface area contributed by atoms with E-state index >= 15 is 0 Å². The molecule has 0 bridgehead atoms. The van der Waals surface area contributed by atoms with Crippen LogP contribution in [0.2, 0.25) is 0 Å². The third-order valence-electron chi connectivity index (χ3n) is 3.77. The van der Waals surface area contributed by atoms with Crippen LogP contribution >= 0.6 is 0 Å². The number of aliphatic hydroxyl groups is 1. The molecule has 0 radical (unpaired) electrons. The Hall–Kier alpha value is -2.74. The topological polar surface area (TPSA) is 87.5 Å². The van der Waals surface area contributed by atoms with Crippen LogP contribution in [-0.4, -0.2) is 38.8 Å². The molecular formula is C15H15FN4O3. The number of carbonyl (C=O) groups excluding carboxylic acids is 2. The van der Waals surface area contributed by atoms with Crippen molar-refractivity contribution in [2.75, 3.05) is 16.8 Å². The maximum atomic E-state index is 13.0. The number of hydrogen-bond donors (Lipinski definition) is 2. The van der Waals surface area contributed by atoms with E-state index in [2.05, 4.69) is 10.4 Å².